The minimum Gasteiger partial charge on any atom is -0.481 e. The first kappa shape index (κ1) is 15.4. The summed E-state index contributed by atoms with van der Waals surface area (Å²) in [5.74, 6) is -0.909. The van der Waals surface area contributed by atoms with E-state index in [2.05, 4.69) is 4.98 Å². The van der Waals surface area contributed by atoms with Crippen LogP contribution in [0.4, 0.5) is 5.69 Å². The Hall–Kier alpha value is -3.02. The van der Waals surface area contributed by atoms with Crippen LogP contribution in [-0.2, 0) is 11.2 Å². The maximum absolute atomic E-state index is 10.9. The van der Waals surface area contributed by atoms with Crippen molar-refractivity contribution in [2.75, 3.05) is 0 Å². The van der Waals surface area contributed by atoms with Crippen LogP contribution in [0, 0.1) is 17.0 Å². The second-order valence-electron chi connectivity index (χ2n) is 4.70. The van der Waals surface area contributed by atoms with Gasteiger partial charge < -0.3 is 5.11 Å². The minimum absolute atomic E-state index is 0.0259. The highest BCUT2D eigenvalue weighted by Crippen LogP contribution is 2.20. The lowest BCUT2D eigenvalue weighted by Gasteiger charge is -2.03. The third kappa shape index (κ3) is 3.76. The number of benzene rings is 1. The molecule has 0 fully saturated rings. The number of nitro benzene ring substituents is 1. The molecule has 0 atom stereocenters. The molecule has 0 spiro atoms. The van der Waals surface area contributed by atoms with Crippen LogP contribution in [0.5, 0.6) is 0 Å². The second-order valence-corrected chi connectivity index (χ2v) is 4.70. The molecule has 1 heterocycles. The van der Waals surface area contributed by atoms with Gasteiger partial charge in [0.05, 0.1) is 22.6 Å². The molecule has 0 aliphatic heterocycles. The van der Waals surface area contributed by atoms with Crippen molar-refractivity contribution in [3.63, 3.8) is 0 Å². The third-order valence-electron chi connectivity index (χ3n) is 3.13. The fraction of sp³-hybridized carbons (Fsp3) is 0.125. The van der Waals surface area contributed by atoms with E-state index in [4.69, 9.17) is 5.11 Å². The first-order valence-electron chi connectivity index (χ1n) is 6.57. The van der Waals surface area contributed by atoms with E-state index in [0.717, 1.165) is 0 Å². The Labute approximate surface area is 126 Å². The van der Waals surface area contributed by atoms with Crippen LogP contribution in [0.15, 0.2) is 36.4 Å². The van der Waals surface area contributed by atoms with Gasteiger partial charge in [0.1, 0.15) is 0 Å². The lowest BCUT2D eigenvalue weighted by atomic mass is 10.1. The van der Waals surface area contributed by atoms with Gasteiger partial charge in [0.15, 0.2) is 0 Å². The Morgan fingerprint density at radius 3 is 2.64 bits per heavy atom. The maximum Gasteiger partial charge on any atom is 0.307 e. The number of hydrogen-bond donors (Lipinski definition) is 1. The molecule has 0 aliphatic rings. The average Bonchev–Trinajstić information content (AvgIpc) is 2.47. The zero-order valence-electron chi connectivity index (χ0n) is 11.9. The van der Waals surface area contributed by atoms with Gasteiger partial charge in [-0.05, 0) is 36.8 Å². The van der Waals surface area contributed by atoms with Gasteiger partial charge in [-0.25, -0.2) is 0 Å². The summed E-state index contributed by atoms with van der Waals surface area (Å²) in [6.45, 7) is 1.74. The fourth-order valence-electron chi connectivity index (χ4n) is 2.02. The number of carboxylic acid groups (broad SMARTS) is 1. The summed E-state index contributed by atoms with van der Waals surface area (Å²) in [5.41, 5.74) is 2.41. The van der Waals surface area contributed by atoms with Crippen LogP contribution in [0.25, 0.3) is 12.2 Å². The number of carbonyl (C=O) groups is 1. The Kier molecular flexibility index (Phi) is 4.63. The van der Waals surface area contributed by atoms with E-state index in [1.807, 2.05) is 0 Å². The Balaban J connectivity index is 2.26. The molecule has 2 rings (SSSR count). The molecule has 1 aromatic carbocycles. The van der Waals surface area contributed by atoms with Gasteiger partial charge in [-0.1, -0.05) is 18.2 Å². The summed E-state index contributed by atoms with van der Waals surface area (Å²) in [6.07, 6.45) is 3.21. The molecule has 0 saturated heterocycles. The molecular weight excluding hydrogens is 284 g/mol. The number of pyridine rings is 1. The van der Waals surface area contributed by atoms with Crippen LogP contribution in [-0.4, -0.2) is 21.0 Å². The molecule has 0 amide bonds. The summed E-state index contributed by atoms with van der Waals surface area (Å²) in [6, 6.07) is 9.82. The van der Waals surface area contributed by atoms with Gasteiger partial charge >= 0.3 is 5.97 Å². The number of carboxylic acids is 1. The number of aryl methyl sites for hydroxylation is 1. The van der Waals surface area contributed by atoms with Gasteiger partial charge in [-0.3, -0.25) is 19.9 Å². The molecule has 6 heteroatoms. The maximum atomic E-state index is 10.9. The highest BCUT2D eigenvalue weighted by Gasteiger charge is 2.09. The predicted molar refractivity (Wildman–Crippen MR) is 82.3 cm³/mol. The van der Waals surface area contributed by atoms with E-state index in [0.29, 0.717) is 22.5 Å². The lowest BCUT2D eigenvalue weighted by molar-refractivity contribution is -0.385. The molecule has 1 aromatic heterocycles. The molecule has 0 aliphatic carbocycles. The molecule has 0 unspecified atom stereocenters. The summed E-state index contributed by atoms with van der Waals surface area (Å²) in [5, 5.41) is 19.7. The summed E-state index contributed by atoms with van der Waals surface area (Å²) < 4.78 is 0. The SMILES string of the molecule is Cc1nc(C=Cc2ccccc2[N+](=O)[O-])ccc1CC(=O)O. The molecule has 6 nitrogen and oxygen atoms in total. The van der Waals surface area contributed by atoms with Crippen molar-refractivity contribution in [1.29, 1.82) is 0 Å². The summed E-state index contributed by atoms with van der Waals surface area (Å²) >= 11 is 0. The number of aliphatic carboxylic acids is 1. The van der Waals surface area contributed by atoms with Crippen LogP contribution in [0.3, 0.4) is 0 Å². The lowest BCUT2D eigenvalue weighted by Crippen LogP contribution is -2.03. The molecule has 0 radical (unpaired) electrons. The number of nitrogens with zero attached hydrogens (tertiary/aromatic N) is 2. The quantitative estimate of drug-likeness (QED) is 0.676. The van der Waals surface area contributed by atoms with Crippen molar-refractivity contribution < 1.29 is 14.8 Å². The topological polar surface area (TPSA) is 93.3 Å². The zero-order valence-corrected chi connectivity index (χ0v) is 11.9. The number of rotatable bonds is 5. The molecular formula is C16H14N2O4. The first-order valence-corrected chi connectivity index (χ1v) is 6.57. The van der Waals surface area contributed by atoms with Gasteiger partial charge in [-0.2, -0.15) is 0 Å². The van der Waals surface area contributed by atoms with E-state index >= 15 is 0 Å². The summed E-state index contributed by atoms with van der Waals surface area (Å²) in [4.78, 5) is 25.5. The van der Waals surface area contributed by atoms with Crippen molar-refractivity contribution in [2.24, 2.45) is 0 Å². The molecule has 112 valence electrons. The van der Waals surface area contributed by atoms with Crippen molar-refractivity contribution in [1.82, 2.24) is 4.98 Å². The Bertz CT molecular complexity index is 754. The predicted octanol–water partition coefficient (Wildman–Crippen LogP) is 3.10. The normalized spacial score (nSPS) is 10.8. The molecule has 2 aromatic rings. The van der Waals surface area contributed by atoms with Gasteiger partial charge in [0, 0.05) is 11.8 Å². The number of nitro groups is 1. The van der Waals surface area contributed by atoms with E-state index in [1.165, 1.54) is 6.07 Å². The minimum atomic E-state index is -0.909. The molecule has 22 heavy (non-hydrogen) atoms. The third-order valence-corrected chi connectivity index (χ3v) is 3.13. The largest absolute Gasteiger partial charge is 0.481 e. The van der Waals surface area contributed by atoms with E-state index in [9.17, 15) is 14.9 Å². The van der Waals surface area contributed by atoms with Crippen LogP contribution in [0.1, 0.15) is 22.5 Å². The van der Waals surface area contributed by atoms with E-state index in [1.54, 1.807) is 49.4 Å². The molecule has 0 bridgehead atoms. The van der Waals surface area contributed by atoms with E-state index in [-0.39, 0.29) is 12.1 Å². The average molecular weight is 298 g/mol. The Morgan fingerprint density at radius 1 is 1.27 bits per heavy atom. The van der Waals surface area contributed by atoms with E-state index < -0.39 is 10.9 Å². The summed E-state index contributed by atoms with van der Waals surface area (Å²) in [7, 11) is 0. The highest BCUT2D eigenvalue weighted by molar-refractivity contribution is 5.73. The van der Waals surface area contributed by atoms with Gasteiger partial charge in [0.25, 0.3) is 5.69 Å². The number of hydrogen-bond acceptors (Lipinski definition) is 4. The fourth-order valence-corrected chi connectivity index (χ4v) is 2.02. The van der Waals surface area contributed by atoms with Crippen LogP contribution in [0.2, 0.25) is 0 Å². The van der Waals surface area contributed by atoms with Crippen molar-refractivity contribution in [3.05, 3.63) is 69.0 Å². The smallest absolute Gasteiger partial charge is 0.307 e. The number of para-hydroxylation sites is 1. The molecule has 0 saturated carbocycles. The van der Waals surface area contributed by atoms with Gasteiger partial charge in [0.2, 0.25) is 0 Å². The second kappa shape index (κ2) is 6.62. The van der Waals surface area contributed by atoms with Crippen LogP contribution >= 0.6 is 0 Å². The van der Waals surface area contributed by atoms with Crippen molar-refractivity contribution in [3.8, 4) is 0 Å². The van der Waals surface area contributed by atoms with Crippen molar-refractivity contribution >= 4 is 23.8 Å². The van der Waals surface area contributed by atoms with Crippen molar-refractivity contribution in [2.45, 2.75) is 13.3 Å². The first-order chi connectivity index (χ1) is 10.5. The molecule has 1 N–H and O–H groups in total. The standard InChI is InChI=1S/C16H14N2O4/c1-11-13(10-16(19)20)7-9-14(17-11)8-6-12-4-2-3-5-15(12)18(21)22/h2-9H,10H2,1H3,(H,19,20). The number of aromatic nitrogens is 1. The monoisotopic (exact) mass is 298 g/mol. The Morgan fingerprint density at radius 2 is 2.00 bits per heavy atom. The van der Waals surface area contributed by atoms with Gasteiger partial charge in [-0.15, -0.1) is 0 Å². The zero-order chi connectivity index (χ0) is 16.1. The van der Waals surface area contributed by atoms with Crippen LogP contribution < -0.4 is 0 Å². The highest BCUT2D eigenvalue weighted by atomic mass is 16.6.